The Morgan fingerprint density at radius 1 is 1.20 bits per heavy atom. The van der Waals surface area contributed by atoms with Crippen LogP contribution in [0.15, 0.2) is 0 Å². The summed E-state index contributed by atoms with van der Waals surface area (Å²) in [5.74, 6) is 0.386. The van der Waals surface area contributed by atoms with Crippen LogP contribution in [0.4, 0.5) is 0 Å². The number of rotatable bonds is 1. The van der Waals surface area contributed by atoms with E-state index in [-0.39, 0.29) is 6.10 Å². The quantitative estimate of drug-likeness (QED) is 0.678. The van der Waals surface area contributed by atoms with Gasteiger partial charge in [0.05, 0.1) is 6.10 Å². The molecule has 0 spiro atoms. The zero-order valence-corrected chi connectivity index (χ0v) is 13.4. The van der Waals surface area contributed by atoms with E-state index < -0.39 is 2.14 Å². The lowest BCUT2D eigenvalue weighted by molar-refractivity contribution is 0.0440. The Hall–Kier alpha value is 1.36. The molecule has 0 aromatic heterocycles. The van der Waals surface area contributed by atoms with E-state index in [1.54, 1.807) is 0 Å². The zero-order chi connectivity index (χ0) is 11.2. The molecule has 0 aromatic carbocycles. The van der Waals surface area contributed by atoms with Crippen molar-refractivity contribution in [2.45, 2.75) is 46.0 Å². The highest BCUT2D eigenvalue weighted by atomic mass is 80.0. The monoisotopic (exact) mass is 403 g/mol. The lowest BCUT2D eigenvalue weighted by Gasteiger charge is -2.40. The van der Waals surface area contributed by atoms with Gasteiger partial charge in [0, 0.05) is 12.1 Å². The van der Waals surface area contributed by atoms with Gasteiger partial charge >= 0.3 is 0 Å². The van der Waals surface area contributed by atoms with Crippen molar-refractivity contribution < 1.29 is 5.11 Å². The first-order chi connectivity index (χ1) is 6.89. The molecule has 5 heteroatoms. The predicted molar refractivity (Wildman–Crippen MR) is 72.8 cm³/mol. The van der Waals surface area contributed by atoms with E-state index in [1.165, 1.54) is 12.8 Å². The molecular weight excluding hydrogens is 390 g/mol. The van der Waals surface area contributed by atoms with Crippen molar-refractivity contribution >= 4 is 47.8 Å². The molecule has 0 saturated carbocycles. The van der Waals surface area contributed by atoms with Gasteiger partial charge in [0.25, 0.3) is 0 Å². The minimum absolute atomic E-state index is 0.380. The number of nitrogens with zero attached hydrogens (tertiary/aromatic N) is 1. The fourth-order valence-corrected chi connectivity index (χ4v) is 4.10. The van der Waals surface area contributed by atoms with Crippen LogP contribution in [-0.2, 0) is 0 Å². The Kier molecular flexibility index (Phi) is 3.89. The summed E-state index contributed by atoms with van der Waals surface area (Å²) in [6, 6.07) is 1.36. The molecule has 2 heterocycles. The third-order valence-electron chi connectivity index (χ3n) is 3.92. The topological polar surface area (TPSA) is 23.5 Å². The number of piperidine rings is 1. The number of aliphatic hydroxyl groups excluding tert-OH is 1. The predicted octanol–water partition coefficient (Wildman–Crippen LogP) is 3.06. The molecule has 2 rings (SSSR count). The van der Waals surface area contributed by atoms with Gasteiger partial charge < -0.3 is 10.0 Å². The minimum atomic E-state index is -0.521. The van der Waals surface area contributed by atoms with Crippen LogP contribution in [0.25, 0.3) is 0 Å². The highest BCUT2D eigenvalue weighted by Gasteiger charge is 2.44. The molecule has 1 N–H and O–H groups in total. The fraction of sp³-hybridized carbons (Fsp3) is 1.00. The van der Waals surface area contributed by atoms with Crippen LogP contribution >= 0.6 is 47.8 Å². The largest absolute Gasteiger partial charge is 0.390 e. The van der Waals surface area contributed by atoms with E-state index in [1.807, 2.05) is 0 Å². The maximum Gasteiger partial charge on any atom is 0.160 e. The van der Waals surface area contributed by atoms with Gasteiger partial charge in [-0.05, 0) is 38.6 Å². The first-order valence-corrected chi connectivity index (χ1v) is 7.74. The van der Waals surface area contributed by atoms with Crippen LogP contribution < -0.4 is 0 Å². The SMILES string of the molecule is CN1C2CCC1CC([C@H](O)C(Br)(Br)Br)C2. The van der Waals surface area contributed by atoms with E-state index in [4.69, 9.17) is 0 Å². The first-order valence-electron chi connectivity index (χ1n) is 5.36. The Balaban J connectivity index is 2.03. The lowest BCUT2D eigenvalue weighted by atomic mass is 9.87. The summed E-state index contributed by atoms with van der Waals surface area (Å²) in [6.45, 7) is 0. The zero-order valence-electron chi connectivity index (χ0n) is 8.67. The number of halogens is 3. The molecule has 2 bridgehead atoms. The van der Waals surface area contributed by atoms with Crippen molar-refractivity contribution in [3.8, 4) is 0 Å². The number of hydrogen-bond donors (Lipinski definition) is 1. The number of aliphatic hydroxyl groups is 1. The van der Waals surface area contributed by atoms with Crippen LogP contribution in [0.1, 0.15) is 25.7 Å². The Morgan fingerprint density at radius 2 is 1.67 bits per heavy atom. The molecule has 15 heavy (non-hydrogen) atoms. The van der Waals surface area contributed by atoms with Gasteiger partial charge in [-0.3, -0.25) is 0 Å². The van der Waals surface area contributed by atoms with Gasteiger partial charge in [-0.15, -0.1) is 0 Å². The maximum absolute atomic E-state index is 10.2. The van der Waals surface area contributed by atoms with Crippen LogP contribution in [0.5, 0.6) is 0 Å². The summed E-state index contributed by atoms with van der Waals surface area (Å²) in [5.41, 5.74) is 0. The smallest absolute Gasteiger partial charge is 0.160 e. The van der Waals surface area contributed by atoms with E-state index in [2.05, 4.69) is 59.7 Å². The fourth-order valence-electron chi connectivity index (χ4n) is 2.98. The third kappa shape index (κ3) is 2.62. The third-order valence-corrected chi connectivity index (χ3v) is 5.32. The standard InChI is InChI=1S/C10H16Br3NO/c1-14-7-2-3-8(14)5-6(4-7)9(15)10(11,12)13/h6-9,15H,2-5H2,1H3/t6?,7?,8?,9-/m0/s1. The minimum Gasteiger partial charge on any atom is -0.390 e. The van der Waals surface area contributed by atoms with Gasteiger partial charge in [-0.2, -0.15) is 0 Å². The molecule has 2 saturated heterocycles. The van der Waals surface area contributed by atoms with E-state index in [0.717, 1.165) is 12.8 Å². The summed E-state index contributed by atoms with van der Waals surface area (Å²) < 4.78 is -0.521. The summed E-state index contributed by atoms with van der Waals surface area (Å²) >= 11 is 10.3. The summed E-state index contributed by atoms with van der Waals surface area (Å²) in [6.07, 6.45) is 4.43. The van der Waals surface area contributed by atoms with E-state index >= 15 is 0 Å². The normalized spacial score (nSPS) is 39.4. The highest BCUT2D eigenvalue weighted by Crippen LogP contribution is 2.46. The van der Waals surface area contributed by atoms with Gasteiger partial charge in [0.2, 0.25) is 0 Å². The number of fused-ring (bicyclic) bond motifs is 2. The summed E-state index contributed by atoms with van der Waals surface area (Å²) in [4.78, 5) is 2.49. The Bertz CT molecular complexity index is 229. The molecule has 2 fully saturated rings. The number of hydrogen-bond acceptors (Lipinski definition) is 2. The van der Waals surface area contributed by atoms with Crippen molar-refractivity contribution in [2.24, 2.45) is 5.92 Å². The molecule has 2 nitrogen and oxygen atoms in total. The second-order valence-corrected chi connectivity index (χ2v) is 11.7. The molecule has 0 radical (unpaired) electrons. The molecule has 3 atom stereocenters. The Labute approximate surface area is 116 Å². The van der Waals surface area contributed by atoms with Crippen molar-refractivity contribution in [3.63, 3.8) is 0 Å². The molecule has 0 aliphatic carbocycles. The molecule has 2 unspecified atom stereocenters. The second-order valence-electron chi connectivity index (χ2n) is 4.77. The molecule has 2 aliphatic rings. The summed E-state index contributed by atoms with van der Waals surface area (Å²) in [7, 11) is 2.22. The van der Waals surface area contributed by atoms with E-state index in [0.29, 0.717) is 18.0 Å². The van der Waals surface area contributed by atoms with Crippen LogP contribution in [0, 0.1) is 5.92 Å². The second kappa shape index (κ2) is 4.56. The van der Waals surface area contributed by atoms with Gasteiger partial charge in [0.15, 0.2) is 2.14 Å². The molecule has 0 amide bonds. The van der Waals surface area contributed by atoms with Gasteiger partial charge in [0.1, 0.15) is 0 Å². The molecular formula is C10H16Br3NO. The van der Waals surface area contributed by atoms with Crippen LogP contribution in [0.3, 0.4) is 0 Å². The molecule has 2 aliphatic heterocycles. The average molecular weight is 406 g/mol. The lowest BCUT2D eigenvalue weighted by Crippen LogP contribution is -2.45. The van der Waals surface area contributed by atoms with Gasteiger partial charge in [-0.1, -0.05) is 47.8 Å². The Morgan fingerprint density at radius 3 is 2.07 bits per heavy atom. The number of alkyl halides is 3. The first kappa shape index (κ1) is 12.8. The van der Waals surface area contributed by atoms with Crippen molar-refractivity contribution in [1.29, 1.82) is 0 Å². The average Bonchev–Trinajstić information content (AvgIpc) is 2.40. The van der Waals surface area contributed by atoms with Crippen molar-refractivity contribution in [2.75, 3.05) is 7.05 Å². The molecule has 88 valence electrons. The van der Waals surface area contributed by atoms with Crippen LogP contribution in [-0.4, -0.2) is 37.4 Å². The highest BCUT2D eigenvalue weighted by molar-refractivity contribution is 9.39. The van der Waals surface area contributed by atoms with Crippen molar-refractivity contribution in [1.82, 2.24) is 4.90 Å². The van der Waals surface area contributed by atoms with Crippen molar-refractivity contribution in [3.05, 3.63) is 0 Å². The van der Waals surface area contributed by atoms with Gasteiger partial charge in [-0.25, -0.2) is 0 Å². The molecule has 0 aromatic rings. The van der Waals surface area contributed by atoms with E-state index in [9.17, 15) is 5.11 Å². The summed E-state index contributed by atoms with van der Waals surface area (Å²) in [5, 5.41) is 10.2. The van der Waals surface area contributed by atoms with Crippen LogP contribution in [0.2, 0.25) is 0 Å². The maximum atomic E-state index is 10.2.